The molecule has 94 valence electrons. The maximum absolute atomic E-state index is 12.9. The first-order valence-corrected chi connectivity index (χ1v) is 6.43. The SMILES string of the molecule is O=C(O)CCc1csc(-c2ccc(F)cc2Cl)n1. The van der Waals surface area contributed by atoms with E-state index in [0.717, 1.165) is 0 Å². The highest BCUT2D eigenvalue weighted by atomic mass is 35.5. The van der Waals surface area contributed by atoms with Crippen LogP contribution < -0.4 is 0 Å². The molecule has 0 saturated carbocycles. The Labute approximate surface area is 112 Å². The molecule has 0 bridgehead atoms. The second kappa shape index (κ2) is 5.46. The molecule has 2 rings (SSSR count). The standard InChI is InChI=1S/C12H9ClFNO2S/c13-10-5-7(14)1-3-9(10)12-15-8(6-18-12)2-4-11(16)17/h1,3,5-6H,2,4H2,(H,16,17). The van der Waals surface area contributed by atoms with E-state index in [1.165, 1.54) is 23.5 Å². The van der Waals surface area contributed by atoms with Crippen molar-refractivity contribution in [2.24, 2.45) is 0 Å². The van der Waals surface area contributed by atoms with E-state index in [4.69, 9.17) is 16.7 Å². The van der Waals surface area contributed by atoms with E-state index < -0.39 is 11.8 Å². The maximum Gasteiger partial charge on any atom is 0.303 e. The first-order chi connectivity index (χ1) is 8.56. The monoisotopic (exact) mass is 285 g/mol. The average molecular weight is 286 g/mol. The van der Waals surface area contributed by atoms with Crippen LogP contribution in [0.1, 0.15) is 12.1 Å². The minimum atomic E-state index is -0.857. The van der Waals surface area contributed by atoms with Crippen molar-refractivity contribution in [2.75, 3.05) is 0 Å². The molecule has 0 radical (unpaired) electrons. The van der Waals surface area contributed by atoms with Crippen LogP contribution in [-0.4, -0.2) is 16.1 Å². The molecule has 0 amide bonds. The van der Waals surface area contributed by atoms with Gasteiger partial charge in [-0.2, -0.15) is 0 Å². The first-order valence-electron chi connectivity index (χ1n) is 5.18. The van der Waals surface area contributed by atoms with Crippen molar-refractivity contribution in [1.82, 2.24) is 4.98 Å². The van der Waals surface area contributed by atoms with Crippen LogP contribution in [0.5, 0.6) is 0 Å². The molecule has 0 aliphatic carbocycles. The van der Waals surface area contributed by atoms with E-state index in [1.54, 1.807) is 11.4 Å². The minimum absolute atomic E-state index is 0.0420. The number of thiazole rings is 1. The Hall–Kier alpha value is -1.46. The molecule has 0 saturated heterocycles. The summed E-state index contributed by atoms with van der Waals surface area (Å²) in [5, 5.41) is 11.3. The number of aromatic nitrogens is 1. The maximum atomic E-state index is 12.9. The van der Waals surface area contributed by atoms with E-state index in [9.17, 15) is 9.18 Å². The van der Waals surface area contributed by atoms with Gasteiger partial charge in [0.05, 0.1) is 17.1 Å². The quantitative estimate of drug-likeness (QED) is 0.933. The van der Waals surface area contributed by atoms with Crippen molar-refractivity contribution in [1.29, 1.82) is 0 Å². The van der Waals surface area contributed by atoms with Gasteiger partial charge in [0.25, 0.3) is 0 Å². The van der Waals surface area contributed by atoms with E-state index in [0.29, 0.717) is 27.7 Å². The molecule has 0 spiro atoms. The molecule has 0 aliphatic rings. The normalized spacial score (nSPS) is 10.6. The van der Waals surface area contributed by atoms with Gasteiger partial charge in [0.15, 0.2) is 0 Å². The third-order valence-corrected chi connectivity index (χ3v) is 3.55. The molecule has 0 fully saturated rings. The Kier molecular flexibility index (Phi) is 3.93. The van der Waals surface area contributed by atoms with Crippen molar-refractivity contribution < 1.29 is 14.3 Å². The van der Waals surface area contributed by atoms with Crippen LogP contribution in [0.2, 0.25) is 5.02 Å². The van der Waals surface area contributed by atoms with Gasteiger partial charge in [0, 0.05) is 17.4 Å². The average Bonchev–Trinajstić information content (AvgIpc) is 2.75. The van der Waals surface area contributed by atoms with Gasteiger partial charge in [0.2, 0.25) is 0 Å². The van der Waals surface area contributed by atoms with Gasteiger partial charge in [0.1, 0.15) is 10.8 Å². The van der Waals surface area contributed by atoms with Crippen molar-refractivity contribution in [3.05, 3.63) is 40.1 Å². The van der Waals surface area contributed by atoms with Gasteiger partial charge in [-0.15, -0.1) is 11.3 Å². The molecule has 6 heteroatoms. The van der Waals surface area contributed by atoms with Crippen molar-refractivity contribution >= 4 is 28.9 Å². The number of carboxylic acids is 1. The lowest BCUT2D eigenvalue weighted by Gasteiger charge is -1.99. The molecule has 3 nitrogen and oxygen atoms in total. The van der Waals surface area contributed by atoms with E-state index in [2.05, 4.69) is 4.98 Å². The Morgan fingerprint density at radius 3 is 2.94 bits per heavy atom. The Morgan fingerprint density at radius 1 is 1.50 bits per heavy atom. The van der Waals surface area contributed by atoms with Crippen molar-refractivity contribution in [3.63, 3.8) is 0 Å². The Bertz CT molecular complexity index is 585. The highest BCUT2D eigenvalue weighted by Gasteiger charge is 2.10. The zero-order valence-electron chi connectivity index (χ0n) is 9.19. The Balaban J connectivity index is 2.21. The van der Waals surface area contributed by atoms with Gasteiger partial charge < -0.3 is 5.11 Å². The fraction of sp³-hybridized carbons (Fsp3) is 0.167. The zero-order chi connectivity index (χ0) is 13.1. The second-order valence-electron chi connectivity index (χ2n) is 3.66. The molecule has 0 unspecified atom stereocenters. The highest BCUT2D eigenvalue weighted by Crippen LogP contribution is 2.31. The first kappa shape index (κ1) is 13.0. The summed E-state index contributed by atoms with van der Waals surface area (Å²) in [7, 11) is 0. The van der Waals surface area contributed by atoms with E-state index in [1.807, 2.05) is 0 Å². The molecule has 2 aromatic rings. The number of hydrogen-bond acceptors (Lipinski definition) is 3. The van der Waals surface area contributed by atoms with E-state index in [-0.39, 0.29) is 6.42 Å². The molecule has 1 N–H and O–H groups in total. The van der Waals surface area contributed by atoms with Crippen LogP contribution in [0, 0.1) is 5.82 Å². The molecule has 1 aromatic heterocycles. The fourth-order valence-corrected chi connectivity index (χ4v) is 2.65. The minimum Gasteiger partial charge on any atom is -0.481 e. The molecule has 1 aromatic carbocycles. The Morgan fingerprint density at radius 2 is 2.28 bits per heavy atom. The number of nitrogens with zero attached hydrogens (tertiary/aromatic N) is 1. The summed E-state index contributed by atoms with van der Waals surface area (Å²) in [5.74, 6) is -1.25. The van der Waals surface area contributed by atoms with Crippen LogP contribution in [0.3, 0.4) is 0 Å². The summed E-state index contributed by atoms with van der Waals surface area (Å²) in [4.78, 5) is 14.7. The lowest BCUT2D eigenvalue weighted by atomic mass is 10.2. The summed E-state index contributed by atoms with van der Waals surface area (Å²) < 4.78 is 12.9. The fourth-order valence-electron chi connectivity index (χ4n) is 1.44. The summed E-state index contributed by atoms with van der Waals surface area (Å²) in [6, 6.07) is 4.12. The predicted octanol–water partition coefficient (Wildman–Crippen LogP) is 3.62. The number of hydrogen-bond donors (Lipinski definition) is 1. The van der Waals surface area contributed by atoms with Gasteiger partial charge in [-0.25, -0.2) is 9.37 Å². The zero-order valence-corrected chi connectivity index (χ0v) is 10.8. The summed E-state index contributed by atoms with van der Waals surface area (Å²) in [5.41, 5.74) is 1.36. The van der Waals surface area contributed by atoms with Crippen LogP contribution in [0.25, 0.3) is 10.6 Å². The van der Waals surface area contributed by atoms with E-state index >= 15 is 0 Å². The van der Waals surface area contributed by atoms with Gasteiger partial charge in [-0.3, -0.25) is 4.79 Å². The molecular formula is C12H9ClFNO2S. The van der Waals surface area contributed by atoms with Gasteiger partial charge >= 0.3 is 5.97 Å². The number of halogens is 2. The number of carbonyl (C=O) groups is 1. The van der Waals surface area contributed by atoms with Crippen LogP contribution >= 0.6 is 22.9 Å². The summed E-state index contributed by atoms with van der Waals surface area (Å²) in [6.45, 7) is 0. The topological polar surface area (TPSA) is 50.2 Å². The van der Waals surface area contributed by atoms with Gasteiger partial charge in [-0.05, 0) is 18.2 Å². The number of benzene rings is 1. The lowest BCUT2D eigenvalue weighted by Crippen LogP contribution is -1.97. The molecule has 0 atom stereocenters. The third-order valence-electron chi connectivity index (χ3n) is 2.31. The largest absolute Gasteiger partial charge is 0.481 e. The van der Waals surface area contributed by atoms with Gasteiger partial charge in [-0.1, -0.05) is 11.6 Å². The number of rotatable bonds is 4. The van der Waals surface area contributed by atoms with Crippen LogP contribution in [0.4, 0.5) is 4.39 Å². The van der Waals surface area contributed by atoms with Crippen LogP contribution in [0.15, 0.2) is 23.6 Å². The number of carboxylic acid groups (broad SMARTS) is 1. The predicted molar refractivity (Wildman–Crippen MR) is 68.5 cm³/mol. The summed E-state index contributed by atoms with van der Waals surface area (Å²) >= 11 is 7.30. The number of aryl methyl sites for hydroxylation is 1. The molecule has 0 aliphatic heterocycles. The molecule has 18 heavy (non-hydrogen) atoms. The van der Waals surface area contributed by atoms with Crippen molar-refractivity contribution in [2.45, 2.75) is 12.8 Å². The van der Waals surface area contributed by atoms with Crippen molar-refractivity contribution in [3.8, 4) is 10.6 Å². The lowest BCUT2D eigenvalue weighted by molar-refractivity contribution is -0.136. The smallest absolute Gasteiger partial charge is 0.303 e. The van der Waals surface area contributed by atoms with Crippen LogP contribution in [-0.2, 0) is 11.2 Å². The number of aliphatic carboxylic acids is 1. The second-order valence-corrected chi connectivity index (χ2v) is 4.93. The molecule has 1 heterocycles. The highest BCUT2D eigenvalue weighted by molar-refractivity contribution is 7.13. The summed E-state index contributed by atoms with van der Waals surface area (Å²) in [6.07, 6.45) is 0.422. The molecular weight excluding hydrogens is 277 g/mol. The third kappa shape index (κ3) is 3.05.